The predicted molar refractivity (Wildman–Crippen MR) is 71.1 cm³/mol. The lowest BCUT2D eigenvalue weighted by Gasteiger charge is -2.11. The SMILES string of the molecule is Cc1cc(Br)cc(C(=O)N[C@@H](C)c2ncn[nH]2)c1. The highest BCUT2D eigenvalue weighted by Gasteiger charge is 2.13. The average Bonchev–Trinajstić information content (AvgIpc) is 2.80. The Balaban J connectivity index is 2.12. The minimum absolute atomic E-state index is 0.136. The van der Waals surface area contributed by atoms with Crippen LogP contribution in [0, 0.1) is 6.92 Å². The molecular weight excluding hydrogens is 296 g/mol. The molecule has 1 atom stereocenters. The Labute approximate surface area is 113 Å². The van der Waals surface area contributed by atoms with E-state index in [0.717, 1.165) is 10.0 Å². The minimum Gasteiger partial charge on any atom is -0.342 e. The summed E-state index contributed by atoms with van der Waals surface area (Å²) in [6, 6.07) is 5.37. The van der Waals surface area contributed by atoms with E-state index < -0.39 is 0 Å². The monoisotopic (exact) mass is 308 g/mol. The largest absolute Gasteiger partial charge is 0.342 e. The number of halogens is 1. The highest BCUT2D eigenvalue weighted by atomic mass is 79.9. The zero-order chi connectivity index (χ0) is 13.1. The van der Waals surface area contributed by atoms with Crippen LogP contribution >= 0.6 is 15.9 Å². The number of amides is 1. The number of H-pyrrole nitrogens is 1. The molecule has 0 saturated carbocycles. The van der Waals surface area contributed by atoms with Crippen molar-refractivity contribution in [2.24, 2.45) is 0 Å². The van der Waals surface area contributed by atoms with Crippen LogP contribution in [0.2, 0.25) is 0 Å². The van der Waals surface area contributed by atoms with E-state index in [1.807, 2.05) is 26.0 Å². The molecule has 2 rings (SSSR count). The smallest absolute Gasteiger partial charge is 0.251 e. The summed E-state index contributed by atoms with van der Waals surface area (Å²) in [5.74, 6) is 0.498. The van der Waals surface area contributed by atoms with Gasteiger partial charge in [0.05, 0.1) is 6.04 Å². The van der Waals surface area contributed by atoms with Gasteiger partial charge in [0.25, 0.3) is 5.91 Å². The summed E-state index contributed by atoms with van der Waals surface area (Å²) in [5.41, 5.74) is 1.65. The first kappa shape index (κ1) is 12.8. The second-order valence-electron chi connectivity index (χ2n) is 4.08. The summed E-state index contributed by atoms with van der Waals surface area (Å²) >= 11 is 3.38. The number of nitrogens with zero attached hydrogens (tertiary/aromatic N) is 2. The second-order valence-corrected chi connectivity index (χ2v) is 5.00. The van der Waals surface area contributed by atoms with Crippen molar-refractivity contribution in [2.75, 3.05) is 0 Å². The summed E-state index contributed by atoms with van der Waals surface area (Å²) in [5, 5.41) is 9.35. The van der Waals surface area contributed by atoms with Crippen LogP contribution in [-0.4, -0.2) is 21.1 Å². The van der Waals surface area contributed by atoms with Crippen molar-refractivity contribution in [2.45, 2.75) is 19.9 Å². The van der Waals surface area contributed by atoms with E-state index in [2.05, 4.69) is 36.4 Å². The third-order valence-corrected chi connectivity index (χ3v) is 2.95. The second kappa shape index (κ2) is 5.30. The van der Waals surface area contributed by atoms with Gasteiger partial charge in [-0.25, -0.2) is 4.98 Å². The number of nitrogens with one attached hydrogen (secondary N) is 2. The third-order valence-electron chi connectivity index (χ3n) is 2.50. The van der Waals surface area contributed by atoms with Gasteiger partial charge in [-0.15, -0.1) is 0 Å². The molecule has 0 bridgehead atoms. The van der Waals surface area contributed by atoms with Gasteiger partial charge in [0.15, 0.2) is 0 Å². The standard InChI is InChI=1S/C12H13BrN4O/c1-7-3-9(5-10(13)4-7)12(18)16-8(2)11-14-6-15-17-11/h3-6,8H,1-2H3,(H,16,18)(H,14,15,17)/t8-/m0/s1. The van der Waals surface area contributed by atoms with Gasteiger partial charge in [0, 0.05) is 10.0 Å². The topological polar surface area (TPSA) is 70.7 Å². The minimum atomic E-state index is -0.209. The van der Waals surface area contributed by atoms with Crippen LogP contribution in [-0.2, 0) is 0 Å². The Kier molecular flexibility index (Phi) is 3.76. The number of benzene rings is 1. The summed E-state index contributed by atoms with van der Waals surface area (Å²) in [7, 11) is 0. The van der Waals surface area contributed by atoms with Crippen LogP contribution in [0.5, 0.6) is 0 Å². The first-order valence-corrected chi connectivity index (χ1v) is 6.29. The number of rotatable bonds is 3. The molecule has 0 spiro atoms. The zero-order valence-electron chi connectivity index (χ0n) is 10.1. The molecule has 18 heavy (non-hydrogen) atoms. The van der Waals surface area contributed by atoms with Crippen LogP contribution in [0.1, 0.15) is 34.7 Å². The average molecular weight is 309 g/mol. The summed E-state index contributed by atoms with van der Waals surface area (Å²) in [6.07, 6.45) is 1.42. The van der Waals surface area contributed by atoms with Crippen LogP contribution in [0.25, 0.3) is 0 Å². The first-order valence-electron chi connectivity index (χ1n) is 5.49. The Bertz CT molecular complexity index is 533. The van der Waals surface area contributed by atoms with Crippen LogP contribution in [0.3, 0.4) is 0 Å². The molecule has 1 aromatic heterocycles. The molecule has 0 unspecified atom stereocenters. The van der Waals surface area contributed by atoms with E-state index in [4.69, 9.17) is 0 Å². The number of carbonyl (C=O) groups is 1. The maximum absolute atomic E-state index is 12.1. The van der Waals surface area contributed by atoms with Gasteiger partial charge in [0.2, 0.25) is 0 Å². The maximum atomic E-state index is 12.1. The van der Waals surface area contributed by atoms with E-state index in [1.165, 1.54) is 6.33 Å². The van der Waals surface area contributed by atoms with Gasteiger partial charge in [-0.05, 0) is 37.6 Å². The van der Waals surface area contributed by atoms with Gasteiger partial charge in [-0.2, -0.15) is 5.10 Å². The molecule has 0 aliphatic heterocycles. The Morgan fingerprint density at radius 2 is 2.22 bits per heavy atom. The highest BCUT2D eigenvalue weighted by Crippen LogP contribution is 2.16. The van der Waals surface area contributed by atoms with E-state index in [-0.39, 0.29) is 11.9 Å². The van der Waals surface area contributed by atoms with Crippen molar-refractivity contribution in [3.63, 3.8) is 0 Å². The van der Waals surface area contributed by atoms with E-state index in [0.29, 0.717) is 11.4 Å². The molecule has 0 radical (unpaired) electrons. The quantitative estimate of drug-likeness (QED) is 0.914. The van der Waals surface area contributed by atoms with E-state index in [1.54, 1.807) is 6.07 Å². The Hall–Kier alpha value is -1.69. The summed E-state index contributed by atoms with van der Waals surface area (Å²) in [6.45, 7) is 3.80. The number of hydrogen-bond acceptors (Lipinski definition) is 3. The molecule has 1 heterocycles. The number of aromatic nitrogens is 3. The van der Waals surface area contributed by atoms with Crippen LogP contribution in [0.4, 0.5) is 0 Å². The van der Waals surface area contributed by atoms with Gasteiger partial charge < -0.3 is 5.32 Å². The van der Waals surface area contributed by atoms with Crippen molar-refractivity contribution in [1.82, 2.24) is 20.5 Å². The molecule has 0 fully saturated rings. The maximum Gasteiger partial charge on any atom is 0.251 e. The molecule has 0 aliphatic carbocycles. The predicted octanol–water partition coefficient (Wildman–Crippen LogP) is 2.37. The molecular formula is C12H13BrN4O. The van der Waals surface area contributed by atoms with Crippen molar-refractivity contribution in [3.8, 4) is 0 Å². The van der Waals surface area contributed by atoms with Crippen LogP contribution < -0.4 is 5.32 Å². The zero-order valence-corrected chi connectivity index (χ0v) is 11.7. The van der Waals surface area contributed by atoms with Crippen molar-refractivity contribution in [3.05, 3.63) is 46.0 Å². The number of aromatic amines is 1. The van der Waals surface area contributed by atoms with Crippen molar-refractivity contribution in [1.29, 1.82) is 0 Å². The number of hydrogen-bond donors (Lipinski definition) is 2. The molecule has 6 heteroatoms. The van der Waals surface area contributed by atoms with Gasteiger partial charge in [-0.3, -0.25) is 9.89 Å². The molecule has 2 N–H and O–H groups in total. The molecule has 1 amide bonds. The van der Waals surface area contributed by atoms with Gasteiger partial charge in [-0.1, -0.05) is 15.9 Å². The lowest BCUT2D eigenvalue weighted by atomic mass is 10.1. The van der Waals surface area contributed by atoms with Crippen LogP contribution in [0.15, 0.2) is 29.0 Å². The molecule has 5 nitrogen and oxygen atoms in total. The summed E-state index contributed by atoms with van der Waals surface area (Å²) in [4.78, 5) is 16.1. The number of carbonyl (C=O) groups excluding carboxylic acids is 1. The van der Waals surface area contributed by atoms with E-state index in [9.17, 15) is 4.79 Å². The molecule has 0 aliphatic rings. The fraction of sp³-hybridized carbons (Fsp3) is 0.250. The fourth-order valence-electron chi connectivity index (χ4n) is 1.64. The highest BCUT2D eigenvalue weighted by molar-refractivity contribution is 9.10. The molecule has 94 valence electrons. The lowest BCUT2D eigenvalue weighted by molar-refractivity contribution is 0.0938. The van der Waals surface area contributed by atoms with Gasteiger partial charge in [0.1, 0.15) is 12.2 Å². The number of aryl methyl sites for hydroxylation is 1. The normalized spacial score (nSPS) is 12.2. The molecule has 1 aromatic carbocycles. The molecule has 2 aromatic rings. The Morgan fingerprint density at radius 1 is 1.44 bits per heavy atom. The van der Waals surface area contributed by atoms with Crippen molar-refractivity contribution >= 4 is 21.8 Å². The summed E-state index contributed by atoms with van der Waals surface area (Å²) < 4.78 is 0.889. The first-order chi connectivity index (χ1) is 8.56. The Morgan fingerprint density at radius 3 is 2.83 bits per heavy atom. The lowest BCUT2D eigenvalue weighted by Crippen LogP contribution is -2.27. The third kappa shape index (κ3) is 2.95. The van der Waals surface area contributed by atoms with E-state index >= 15 is 0 Å². The molecule has 0 saturated heterocycles. The fourth-order valence-corrected chi connectivity index (χ4v) is 2.25. The van der Waals surface area contributed by atoms with Gasteiger partial charge >= 0.3 is 0 Å². The van der Waals surface area contributed by atoms with Crippen molar-refractivity contribution < 1.29 is 4.79 Å².